The topological polar surface area (TPSA) is 43.8 Å². The molecule has 21 heavy (non-hydrogen) atoms. The van der Waals surface area contributed by atoms with Crippen LogP contribution in [0.1, 0.15) is 18.8 Å². The highest BCUT2D eigenvalue weighted by Gasteiger charge is 2.18. The third-order valence-corrected chi connectivity index (χ3v) is 3.17. The molecule has 1 atom stereocenters. The van der Waals surface area contributed by atoms with Gasteiger partial charge in [0.2, 0.25) is 0 Å². The number of fused-ring (bicyclic) bond motifs is 1. The van der Waals surface area contributed by atoms with Crippen LogP contribution in [0.4, 0.5) is 13.2 Å². The molecule has 0 radical (unpaired) electrons. The molecule has 1 aromatic heterocycles. The molecule has 6 heteroatoms. The molecule has 2 aromatic carbocycles. The summed E-state index contributed by atoms with van der Waals surface area (Å²) in [6.07, 6.45) is 0. The van der Waals surface area contributed by atoms with Crippen molar-refractivity contribution in [2.75, 3.05) is 0 Å². The lowest BCUT2D eigenvalue weighted by Gasteiger charge is -2.11. The number of aromatic nitrogens is 2. The molecule has 1 unspecified atom stereocenters. The highest BCUT2D eigenvalue weighted by atomic mass is 19.1. The molecule has 0 aliphatic carbocycles. The maximum absolute atomic E-state index is 13.9. The number of para-hydroxylation sites is 1. The highest BCUT2D eigenvalue weighted by Crippen LogP contribution is 2.26. The average molecular weight is 291 g/mol. The van der Waals surface area contributed by atoms with E-state index in [-0.39, 0.29) is 11.2 Å². The Kier molecular flexibility index (Phi) is 3.17. The number of halogens is 3. The third kappa shape index (κ3) is 2.27. The van der Waals surface area contributed by atoms with Crippen LogP contribution in [0.5, 0.6) is 0 Å². The van der Waals surface area contributed by atoms with Gasteiger partial charge < -0.3 is 5.73 Å². The number of benzene rings is 2. The van der Waals surface area contributed by atoms with E-state index in [2.05, 4.69) is 4.98 Å². The molecule has 1 heterocycles. The fourth-order valence-corrected chi connectivity index (χ4v) is 2.33. The van der Waals surface area contributed by atoms with Gasteiger partial charge >= 0.3 is 0 Å². The molecular formula is C15H12F3N3. The smallest absolute Gasteiger partial charge is 0.151 e. The second-order valence-corrected chi connectivity index (χ2v) is 4.83. The van der Waals surface area contributed by atoms with Crippen LogP contribution in [-0.4, -0.2) is 9.55 Å². The lowest BCUT2D eigenvalue weighted by atomic mass is 10.2. The minimum atomic E-state index is -0.723. The summed E-state index contributed by atoms with van der Waals surface area (Å²) in [5.41, 5.74) is 6.59. The molecule has 0 aliphatic rings. The first-order valence-corrected chi connectivity index (χ1v) is 6.36. The third-order valence-electron chi connectivity index (χ3n) is 3.17. The maximum atomic E-state index is 13.9. The van der Waals surface area contributed by atoms with Crippen LogP contribution in [0.15, 0.2) is 36.4 Å². The fraction of sp³-hybridized carbons (Fsp3) is 0.133. The van der Waals surface area contributed by atoms with Gasteiger partial charge in [0.1, 0.15) is 23.0 Å². The quantitative estimate of drug-likeness (QED) is 0.785. The van der Waals surface area contributed by atoms with Crippen molar-refractivity contribution >= 4 is 11.0 Å². The van der Waals surface area contributed by atoms with Crippen LogP contribution in [0, 0.1) is 17.5 Å². The van der Waals surface area contributed by atoms with Gasteiger partial charge in [0, 0.05) is 6.07 Å². The van der Waals surface area contributed by atoms with Gasteiger partial charge in [-0.3, -0.25) is 4.57 Å². The first kappa shape index (κ1) is 13.6. The molecule has 2 N–H and O–H groups in total. The van der Waals surface area contributed by atoms with Gasteiger partial charge in [0.15, 0.2) is 5.82 Å². The largest absolute Gasteiger partial charge is 0.322 e. The Morgan fingerprint density at radius 3 is 2.38 bits per heavy atom. The molecule has 0 fully saturated rings. The number of hydrogen-bond acceptors (Lipinski definition) is 2. The lowest BCUT2D eigenvalue weighted by Crippen LogP contribution is -2.12. The normalized spacial score (nSPS) is 12.8. The molecule has 3 rings (SSSR count). The van der Waals surface area contributed by atoms with Crippen molar-refractivity contribution in [3.8, 4) is 5.69 Å². The van der Waals surface area contributed by atoms with Crippen molar-refractivity contribution in [1.82, 2.24) is 9.55 Å². The summed E-state index contributed by atoms with van der Waals surface area (Å²) in [6, 6.07) is 6.97. The van der Waals surface area contributed by atoms with Crippen molar-refractivity contribution in [3.05, 3.63) is 59.7 Å². The van der Waals surface area contributed by atoms with Crippen molar-refractivity contribution in [3.63, 3.8) is 0 Å². The van der Waals surface area contributed by atoms with E-state index >= 15 is 0 Å². The van der Waals surface area contributed by atoms with Gasteiger partial charge in [-0.15, -0.1) is 0 Å². The van der Waals surface area contributed by atoms with Crippen molar-refractivity contribution < 1.29 is 13.2 Å². The summed E-state index contributed by atoms with van der Waals surface area (Å²) in [4.78, 5) is 4.17. The zero-order valence-corrected chi connectivity index (χ0v) is 11.1. The minimum absolute atomic E-state index is 0.120. The number of rotatable bonds is 2. The first-order valence-electron chi connectivity index (χ1n) is 6.36. The second-order valence-electron chi connectivity index (χ2n) is 4.83. The van der Waals surface area contributed by atoms with Crippen LogP contribution in [0.25, 0.3) is 16.7 Å². The van der Waals surface area contributed by atoms with Gasteiger partial charge in [0.05, 0.1) is 17.2 Å². The second kappa shape index (κ2) is 4.89. The molecule has 0 amide bonds. The summed E-state index contributed by atoms with van der Waals surface area (Å²) in [5.74, 6) is -1.62. The first-order chi connectivity index (χ1) is 9.97. The van der Waals surface area contributed by atoms with Crippen LogP contribution in [0.3, 0.4) is 0 Å². The van der Waals surface area contributed by atoms with E-state index in [4.69, 9.17) is 5.73 Å². The zero-order valence-electron chi connectivity index (χ0n) is 11.1. The Morgan fingerprint density at radius 2 is 1.76 bits per heavy atom. The predicted molar refractivity (Wildman–Crippen MR) is 73.5 cm³/mol. The zero-order chi connectivity index (χ0) is 15.1. The van der Waals surface area contributed by atoms with Crippen molar-refractivity contribution in [2.45, 2.75) is 13.0 Å². The Bertz CT molecular complexity index is 804. The van der Waals surface area contributed by atoms with E-state index in [1.54, 1.807) is 13.0 Å². The van der Waals surface area contributed by atoms with E-state index in [1.807, 2.05) is 0 Å². The Labute approximate surface area is 118 Å². The number of nitrogens with two attached hydrogens (primary N) is 1. The Morgan fingerprint density at radius 1 is 1.10 bits per heavy atom. The van der Waals surface area contributed by atoms with Crippen LogP contribution in [0.2, 0.25) is 0 Å². The number of nitrogens with zero attached hydrogens (tertiary/aromatic N) is 2. The van der Waals surface area contributed by atoms with Crippen LogP contribution in [-0.2, 0) is 0 Å². The highest BCUT2D eigenvalue weighted by molar-refractivity contribution is 5.79. The molecule has 3 aromatic rings. The molecule has 0 saturated carbocycles. The predicted octanol–water partition coefficient (Wildman–Crippen LogP) is 3.46. The fourth-order valence-electron chi connectivity index (χ4n) is 2.33. The number of hydrogen-bond donors (Lipinski definition) is 1. The van der Waals surface area contributed by atoms with Gasteiger partial charge in [-0.2, -0.15) is 0 Å². The van der Waals surface area contributed by atoms with Crippen molar-refractivity contribution in [1.29, 1.82) is 0 Å². The van der Waals surface area contributed by atoms with Crippen molar-refractivity contribution in [2.24, 2.45) is 5.73 Å². The summed E-state index contributed by atoms with van der Waals surface area (Å²) < 4.78 is 42.2. The summed E-state index contributed by atoms with van der Waals surface area (Å²) in [7, 11) is 0. The van der Waals surface area contributed by atoms with Crippen LogP contribution >= 0.6 is 0 Å². The molecule has 0 bridgehead atoms. The summed E-state index contributed by atoms with van der Waals surface area (Å²) >= 11 is 0. The van der Waals surface area contributed by atoms with Gasteiger partial charge in [-0.1, -0.05) is 6.07 Å². The van der Waals surface area contributed by atoms with E-state index in [9.17, 15) is 13.2 Å². The van der Waals surface area contributed by atoms with E-state index in [1.165, 1.54) is 16.7 Å². The van der Waals surface area contributed by atoms with Gasteiger partial charge in [-0.05, 0) is 31.2 Å². The van der Waals surface area contributed by atoms with Crippen LogP contribution < -0.4 is 5.73 Å². The van der Waals surface area contributed by atoms with E-state index < -0.39 is 23.5 Å². The SMILES string of the molecule is CC(N)c1nc2c(F)cccc2n1-c1cc(F)cc(F)c1. The standard InChI is InChI=1S/C15H12F3N3/c1-8(19)15-20-14-12(18)3-2-4-13(14)21(15)11-6-9(16)5-10(17)7-11/h2-8H,19H2,1H3. The molecule has 0 spiro atoms. The summed E-state index contributed by atoms with van der Waals surface area (Å²) in [5, 5.41) is 0. The van der Waals surface area contributed by atoms with Gasteiger partial charge in [0.25, 0.3) is 0 Å². The number of imidazole rings is 1. The average Bonchev–Trinajstić information content (AvgIpc) is 2.78. The molecule has 0 saturated heterocycles. The van der Waals surface area contributed by atoms with E-state index in [0.29, 0.717) is 11.3 Å². The molecule has 108 valence electrons. The monoisotopic (exact) mass is 291 g/mol. The maximum Gasteiger partial charge on any atom is 0.151 e. The van der Waals surface area contributed by atoms with E-state index in [0.717, 1.165) is 18.2 Å². The molecular weight excluding hydrogens is 279 g/mol. The lowest BCUT2D eigenvalue weighted by molar-refractivity contribution is 0.580. The molecule has 0 aliphatic heterocycles. The Hall–Kier alpha value is -2.34. The minimum Gasteiger partial charge on any atom is -0.322 e. The molecule has 3 nitrogen and oxygen atoms in total. The Balaban J connectivity index is 2.39. The van der Waals surface area contributed by atoms with Gasteiger partial charge in [-0.25, -0.2) is 18.2 Å². The summed E-state index contributed by atoms with van der Waals surface area (Å²) in [6.45, 7) is 1.67.